The van der Waals surface area contributed by atoms with Gasteiger partial charge in [-0.1, -0.05) is 62.4 Å². The lowest BCUT2D eigenvalue weighted by Crippen LogP contribution is -2.58. The topological polar surface area (TPSA) is 65.2 Å². The maximum atomic E-state index is 12.8. The Morgan fingerprint density at radius 2 is 1.70 bits per heavy atom. The van der Waals surface area contributed by atoms with Crippen molar-refractivity contribution in [2.75, 3.05) is 6.54 Å². The zero-order chi connectivity index (χ0) is 19.2. The first-order valence-corrected chi connectivity index (χ1v) is 9.38. The van der Waals surface area contributed by atoms with Gasteiger partial charge in [0.2, 0.25) is 11.8 Å². The van der Waals surface area contributed by atoms with Crippen LogP contribution >= 0.6 is 0 Å². The Morgan fingerprint density at radius 1 is 1.00 bits per heavy atom. The van der Waals surface area contributed by atoms with Gasteiger partial charge in [-0.05, 0) is 17.2 Å². The average Bonchev–Trinajstić information content (AvgIpc) is 3.11. The normalized spacial score (nSPS) is 16.7. The van der Waals surface area contributed by atoms with E-state index in [9.17, 15) is 9.59 Å². The number of benzene rings is 2. The number of para-hydroxylation sites is 1. The van der Waals surface area contributed by atoms with Crippen LogP contribution in [0.25, 0.3) is 10.9 Å². The Bertz CT molecular complexity index is 917. The Kier molecular flexibility index (Phi) is 5.91. The zero-order valence-corrected chi connectivity index (χ0v) is 15.7. The first kappa shape index (κ1) is 18.7. The maximum absolute atomic E-state index is 12.8. The van der Waals surface area contributed by atoms with Crippen molar-refractivity contribution in [3.8, 4) is 0 Å². The predicted octanol–water partition coefficient (Wildman–Crippen LogP) is 3.26. The molecule has 2 N–H and O–H groups in total. The van der Waals surface area contributed by atoms with Gasteiger partial charge in [0.1, 0.15) is 6.04 Å². The quantitative estimate of drug-likeness (QED) is 0.747. The molecule has 0 unspecified atom stereocenters. The largest absolute Gasteiger partial charge is 0.361 e. The number of hydrogen-bond donors (Lipinski definition) is 2. The molecule has 1 aliphatic heterocycles. The first-order valence-electron chi connectivity index (χ1n) is 9.38. The van der Waals surface area contributed by atoms with E-state index in [-0.39, 0.29) is 18.4 Å². The molecule has 1 fully saturated rings. The molecule has 27 heavy (non-hydrogen) atoms. The SMILES string of the molecule is CC.O=C1CN(Cc2ccccc2)C(=O)[C@@H](Cc2c[nH]c3ccccc23)N1. The van der Waals surface area contributed by atoms with Gasteiger partial charge in [-0.15, -0.1) is 0 Å². The molecule has 2 amide bonds. The highest BCUT2D eigenvalue weighted by molar-refractivity contribution is 5.95. The van der Waals surface area contributed by atoms with Crippen LogP contribution in [-0.4, -0.2) is 34.3 Å². The van der Waals surface area contributed by atoms with Gasteiger partial charge in [0, 0.05) is 30.1 Å². The lowest BCUT2D eigenvalue weighted by Gasteiger charge is -2.32. The minimum absolute atomic E-state index is 0.0336. The minimum atomic E-state index is -0.524. The third-order valence-electron chi connectivity index (χ3n) is 4.59. The van der Waals surface area contributed by atoms with E-state index in [4.69, 9.17) is 0 Å². The van der Waals surface area contributed by atoms with E-state index in [1.807, 2.05) is 74.6 Å². The number of nitrogens with zero attached hydrogens (tertiary/aromatic N) is 1. The number of hydrogen-bond acceptors (Lipinski definition) is 2. The molecule has 5 heteroatoms. The van der Waals surface area contributed by atoms with Crippen LogP contribution in [0.5, 0.6) is 0 Å². The molecular formula is C22H25N3O2. The van der Waals surface area contributed by atoms with Gasteiger partial charge in [-0.25, -0.2) is 0 Å². The van der Waals surface area contributed by atoms with E-state index < -0.39 is 6.04 Å². The van der Waals surface area contributed by atoms with E-state index in [0.717, 1.165) is 22.0 Å². The maximum Gasteiger partial charge on any atom is 0.246 e. The van der Waals surface area contributed by atoms with Crippen LogP contribution in [0.4, 0.5) is 0 Å². The van der Waals surface area contributed by atoms with Gasteiger partial charge in [0.25, 0.3) is 0 Å². The third-order valence-corrected chi connectivity index (χ3v) is 4.59. The van der Waals surface area contributed by atoms with Gasteiger partial charge in [0.05, 0.1) is 6.54 Å². The van der Waals surface area contributed by atoms with Gasteiger partial charge >= 0.3 is 0 Å². The number of carbonyl (C=O) groups excluding carboxylic acids is 2. The van der Waals surface area contributed by atoms with Crippen LogP contribution in [0.15, 0.2) is 60.8 Å². The summed E-state index contributed by atoms with van der Waals surface area (Å²) >= 11 is 0. The second-order valence-corrected chi connectivity index (χ2v) is 6.36. The van der Waals surface area contributed by atoms with E-state index in [2.05, 4.69) is 10.3 Å². The average molecular weight is 363 g/mol. The predicted molar refractivity (Wildman–Crippen MR) is 107 cm³/mol. The van der Waals surface area contributed by atoms with E-state index in [0.29, 0.717) is 13.0 Å². The summed E-state index contributed by atoms with van der Waals surface area (Å²) in [5.74, 6) is -0.144. The zero-order valence-electron chi connectivity index (χ0n) is 15.7. The van der Waals surface area contributed by atoms with Crippen molar-refractivity contribution in [2.24, 2.45) is 0 Å². The van der Waals surface area contributed by atoms with Crippen molar-refractivity contribution in [1.82, 2.24) is 15.2 Å². The molecular weight excluding hydrogens is 338 g/mol. The highest BCUT2D eigenvalue weighted by atomic mass is 16.2. The number of amides is 2. The molecule has 0 bridgehead atoms. The summed E-state index contributed by atoms with van der Waals surface area (Å²) < 4.78 is 0. The summed E-state index contributed by atoms with van der Waals surface area (Å²) in [6.45, 7) is 4.57. The lowest BCUT2D eigenvalue weighted by molar-refractivity contribution is -0.144. The van der Waals surface area contributed by atoms with Gasteiger partial charge in [-0.3, -0.25) is 9.59 Å². The molecule has 140 valence electrons. The summed E-state index contributed by atoms with van der Waals surface area (Å²) in [6.07, 6.45) is 2.40. The minimum Gasteiger partial charge on any atom is -0.361 e. The molecule has 2 aromatic carbocycles. The highest BCUT2D eigenvalue weighted by Gasteiger charge is 2.33. The van der Waals surface area contributed by atoms with Crippen LogP contribution < -0.4 is 5.32 Å². The van der Waals surface area contributed by atoms with Crippen molar-refractivity contribution in [1.29, 1.82) is 0 Å². The Hall–Kier alpha value is -3.08. The van der Waals surface area contributed by atoms with E-state index in [1.54, 1.807) is 4.90 Å². The van der Waals surface area contributed by atoms with Crippen LogP contribution in [0.1, 0.15) is 25.0 Å². The molecule has 2 heterocycles. The molecule has 4 rings (SSSR count). The number of H-pyrrole nitrogens is 1. The summed E-state index contributed by atoms with van der Waals surface area (Å²) in [4.78, 5) is 29.8. The van der Waals surface area contributed by atoms with Crippen molar-refractivity contribution in [3.63, 3.8) is 0 Å². The molecule has 0 radical (unpaired) electrons. The van der Waals surface area contributed by atoms with Gasteiger partial charge in [-0.2, -0.15) is 0 Å². The van der Waals surface area contributed by atoms with E-state index >= 15 is 0 Å². The number of fused-ring (bicyclic) bond motifs is 1. The van der Waals surface area contributed by atoms with Crippen LogP contribution in [-0.2, 0) is 22.6 Å². The van der Waals surface area contributed by atoms with Crippen LogP contribution in [0, 0.1) is 0 Å². The summed E-state index contributed by atoms with van der Waals surface area (Å²) in [5, 5.41) is 3.93. The fraction of sp³-hybridized carbons (Fsp3) is 0.273. The Balaban J connectivity index is 0.00000102. The van der Waals surface area contributed by atoms with Crippen molar-refractivity contribution >= 4 is 22.7 Å². The Morgan fingerprint density at radius 3 is 2.48 bits per heavy atom. The van der Waals surface area contributed by atoms with Crippen LogP contribution in [0.3, 0.4) is 0 Å². The van der Waals surface area contributed by atoms with Crippen LogP contribution in [0.2, 0.25) is 0 Å². The molecule has 0 aliphatic carbocycles. The number of aromatic amines is 1. The highest BCUT2D eigenvalue weighted by Crippen LogP contribution is 2.20. The molecule has 1 atom stereocenters. The lowest BCUT2D eigenvalue weighted by atomic mass is 10.0. The summed E-state index contributed by atoms with van der Waals surface area (Å²) in [7, 11) is 0. The first-order chi connectivity index (χ1) is 13.2. The monoisotopic (exact) mass is 363 g/mol. The van der Waals surface area contributed by atoms with Crippen molar-refractivity contribution in [2.45, 2.75) is 32.9 Å². The number of piperazine rings is 1. The molecule has 0 spiro atoms. The second-order valence-electron chi connectivity index (χ2n) is 6.36. The standard InChI is InChI=1S/C20H19N3O2.C2H6/c24-19-13-23(12-14-6-2-1-3-7-14)20(25)18(22-19)10-15-11-21-17-9-5-4-8-16(15)17;1-2/h1-9,11,18,21H,10,12-13H2,(H,22,24);1-2H3/t18-;/m1./s1. The molecule has 3 aromatic rings. The molecule has 1 saturated heterocycles. The second kappa shape index (κ2) is 8.54. The van der Waals surface area contributed by atoms with Crippen molar-refractivity contribution < 1.29 is 9.59 Å². The summed E-state index contributed by atoms with van der Waals surface area (Å²) in [6, 6.07) is 17.2. The number of nitrogens with one attached hydrogen (secondary N) is 2. The van der Waals surface area contributed by atoms with Gasteiger partial charge in [0.15, 0.2) is 0 Å². The summed E-state index contributed by atoms with van der Waals surface area (Å²) in [5.41, 5.74) is 3.10. The molecule has 5 nitrogen and oxygen atoms in total. The third kappa shape index (κ3) is 4.19. The Labute approximate surface area is 159 Å². The smallest absolute Gasteiger partial charge is 0.246 e. The van der Waals surface area contributed by atoms with Gasteiger partial charge < -0.3 is 15.2 Å². The molecule has 0 saturated carbocycles. The molecule has 1 aliphatic rings. The fourth-order valence-corrected chi connectivity index (χ4v) is 3.37. The number of rotatable bonds is 4. The number of aromatic nitrogens is 1. The number of carbonyl (C=O) groups is 2. The van der Waals surface area contributed by atoms with E-state index in [1.165, 1.54) is 0 Å². The molecule has 1 aromatic heterocycles. The van der Waals surface area contributed by atoms with Crippen molar-refractivity contribution in [3.05, 3.63) is 71.9 Å². The fourth-order valence-electron chi connectivity index (χ4n) is 3.37.